The highest BCUT2D eigenvalue weighted by Gasteiger charge is 2.30. The van der Waals surface area contributed by atoms with Gasteiger partial charge in [0.25, 0.3) is 0 Å². The Bertz CT molecular complexity index is 766. The normalized spacial score (nSPS) is 21.1. The molecule has 0 saturated carbocycles. The van der Waals surface area contributed by atoms with Crippen molar-refractivity contribution in [2.45, 2.75) is 39.5 Å². The van der Waals surface area contributed by atoms with E-state index in [0.29, 0.717) is 31.2 Å². The molecule has 0 radical (unpaired) electrons. The Morgan fingerprint density at radius 2 is 1.93 bits per heavy atom. The first kappa shape index (κ1) is 25.1. The molecule has 2 rings (SSSR count). The van der Waals surface area contributed by atoms with E-state index in [4.69, 9.17) is 4.74 Å². The summed E-state index contributed by atoms with van der Waals surface area (Å²) >= 11 is 0. The van der Waals surface area contributed by atoms with E-state index < -0.39 is 10.0 Å². The highest BCUT2D eigenvalue weighted by Crippen LogP contribution is 2.14. The van der Waals surface area contributed by atoms with Gasteiger partial charge in [-0.3, -0.25) is 4.99 Å². The van der Waals surface area contributed by atoms with Gasteiger partial charge in [0.2, 0.25) is 10.0 Å². The maximum Gasteiger partial charge on any atom is 0.216 e. The maximum absolute atomic E-state index is 13.3. The van der Waals surface area contributed by atoms with Crippen LogP contribution in [0.5, 0.6) is 0 Å². The molecule has 1 aliphatic rings. The molecule has 1 saturated heterocycles. The second-order valence-electron chi connectivity index (χ2n) is 6.83. The molecule has 2 unspecified atom stereocenters. The zero-order valence-electron chi connectivity index (χ0n) is 16.7. The molecule has 0 aliphatic carbocycles. The van der Waals surface area contributed by atoms with Gasteiger partial charge in [0, 0.05) is 33.2 Å². The Balaban J connectivity index is 0.00000392. The molecule has 0 aromatic heterocycles. The fourth-order valence-electron chi connectivity index (χ4n) is 3.01. The quantitative estimate of drug-likeness (QED) is 0.335. The van der Waals surface area contributed by atoms with Gasteiger partial charge in [-0.25, -0.2) is 12.8 Å². The van der Waals surface area contributed by atoms with Crippen molar-refractivity contribution in [1.29, 1.82) is 0 Å². The molecule has 7 nitrogen and oxygen atoms in total. The predicted octanol–water partition coefficient (Wildman–Crippen LogP) is 1.86. The summed E-state index contributed by atoms with van der Waals surface area (Å²) < 4.78 is 45.5. The van der Waals surface area contributed by atoms with Gasteiger partial charge in [-0.15, -0.1) is 24.0 Å². The zero-order valence-corrected chi connectivity index (χ0v) is 19.9. The van der Waals surface area contributed by atoms with Gasteiger partial charge in [0.05, 0.1) is 18.0 Å². The molecule has 2 N–H and O–H groups in total. The van der Waals surface area contributed by atoms with Gasteiger partial charge >= 0.3 is 0 Å². The molecule has 2 atom stereocenters. The van der Waals surface area contributed by atoms with Crippen LogP contribution in [-0.4, -0.2) is 63.3 Å². The summed E-state index contributed by atoms with van der Waals surface area (Å²) in [6.45, 7) is 6.92. The van der Waals surface area contributed by atoms with E-state index in [9.17, 15) is 12.8 Å². The summed E-state index contributed by atoms with van der Waals surface area (Å²) in [6, 6.07) is 4.90. The SMILES string of the molecule is CN=C(NCCS(=O)(=O)N1CC(C)OC(C)C1)NCc1ccc(F)c(C)c1.I. The second-order valence-corrected chi connectivity index (χ2v) is 8.91. The summed E-state index contributed by atoms with van der Waals surface area (Å²) in [5, 5.41) is 6.11. The van der Waals surface area contributed by atoms with Crippen molar-refractivity contribution in [1.82, 2.24) is 14.9 Å². The molecular formula is C18H30FIN4O3S. The fraction of sp³-hybridized carbons (Fsp3) is 0.611. The molecule has 10 heteroatoms. The minimum atomic E-state index is -3.36. The van der Waals surface area contributed by atoms with Gasteiger partial charge in [0.15, 0.2) is 5.96 Å². The number of nitrogens with one attached hydrogen (secondary N) is 2. The topological polar surface area (TPSA) is 83.0 Å². The van der Waals surface area contributed by atoms with Crippen LogP contribution in [0.2, 0.25) is 0 Å². The van der Waals surface area contributed by atoms with Crippen molar-refractivity contribution in [3.63, 3.8) is 0 Å². The Labute approximate surface area is 184 Å². The number of aryl methyl sites for hydroxylation is 1. The van der Waals surface area contributed by atoms with Crippen LogP contribution < -0.4 is 10.6 Å². The number of benzene rings is 1. The smallest absolute Gasteiger partial charge is 0.216 e. The van der Waals surface area contributed by atoms with Crippen LogP contribution in [0, 0.1) is 12.7 Å². The molecule has 1 aromatic carbocycles. The molecule has 1 fully saturated rings. The van der Waals surface area contributed by atoms with Crippen LogP contribution in [0.1, 0.15) is 25.0 Å². The lowest BCUT2D eigenvalue weighted by atomic mass is 10.1. The van der Waals surface area contributed by atoms with Crippen LogP contribution in [0.25, 0.3) is 0 Å². The van der Waals surface area contributed by atoms with Gasteiger partial charge in [0.1, 0.15) is 5.82 Å². The molecule has 1 aromatic rings. The maximum atomic E-state index is 13.3. The van der Waals surface area contributed by atoms with Crippen molar-refractivity contribution < 1.29 is 17.5 Å². The van der Waals surface area contributed by atoms with Gasteiger partial charge in [-0.05, 0) is 38.0 Å². The Morgan fingerprint density at radius 1 is 1.29 bits per heavy atom. The molecule has 1 aliphatic heterocycles. The highest BCUT2D eigenvalue weighted by atomic mass is 127. The third kappa shape index (κ3) is 7.45. The Kier molecular flexibility index (Phi) is 10.1. The molecule has 0 bridgehead atoms. The van der Waals surface area contributed by atoms with E-state index in [-0.39, 0.29) is 54.3 Å². The first-order valence-electron chi connectivity index (χ1n) is 9.04. The van der Waals surface area contributed by atoms with Crippen molar-refractivity contribution in [3.8, 4) is 0 Å². The number of halogens is 2. The minimum absolute atomic E-state index is 0. The number of aliphatic imine (C=N–C) groups is 1. The molecule has 28 heavy (non-hydrogen) atoms. The predicted molar refractivity (Wildman–Crippen MR) is 120 cm³/mol. The zero-order chi connectivity index (χ0) is 20.0. The standard InChI is InChI=1S/C18H29FN4O3S.HI/c1-13-9-16(5-6-17(13)19)10-22-18(20-4)21-7-8-27(24,25)23-11-14(2)26-15(3)12-23;/h5-6,9,14-15H,7-8,10-12H2,1-4H3,(H2,20,21,22);1H. The molecule has 0 spiro atoms. The third-order valence-corrected chi connectivity index (χ3v) is 6.14. The average Bonchev–Trinajstić information content (AvgIpc) is 2.60. The van der Waals surface area contributed by atoms with E-state index >= 15 is 0 Å². The summed E-state index contributed by atoms with van der Waals surface area (Å²) in [5.74, 6) is 0.233. The number of nitrogens with zero attached hydrogens (tertiary/aromatic N) is 2. The van der Waals surface area contributed by atoms with Crippen LogP contribution in [0.3, 0.4) is 0 Å². The number of hydrogen-bond acceptors (Lipinski definition) is 4. The molecular weight excluding hydrogens is 498 g/mol. The Morgan fingerprint density at radius 3 is 2.50 bits per heavy atom. The molecule has 0 amide bonds. The Hall–Kier alpha value is -0.980. The van der Waals surface area contributed by atoms with E-state index in [1.165, 1.54) is 10.4 Å². The summed E-state index contributed by atoms with van der Waals surface area (Å²) in [6.07, 6.45) is -0.213. The summed E-state index contributed by atoms with van der Waals surface area (Å²) in [4.78, 5) is 4.09. The van der Waals surface area contributed by atoms with Crippen LogP contribution >= 0.6 is 24.0 Å². The summed E-state index contributed by atoms with van der Waals surface area (Å²) in [5.41, 5.74) is 1.50. The van der Waals surface area contributed by atoms with Crippen LogP contribution in [0.15, 0.2) is 23.2 Å². The van der Waals surface area contributed by atoms with Crippen LogP contribution in [0.4, 0.5) is 4.39 Å². The average molecular weight is 528 g/mol. The fourth-order valence-corrected chi connectivity index (χ4v) is 4.50. The third-order valence-electron chi connectivity index (χ3n) is 4.34. The van der Waals surface area contributed by atoms with Gasteiger partial charge < -0.3 is 15.4 Å². The van der Waals surface area contributed by atoms with Gasteiger partial charge in [-0.2, -0.15) is 4.31 Å². The highest BCUT2D eigenvalue weighted by molar-refractivity contribution is 14.0. The summed E-state index contributed by atoms with van der Waals surface area (Å²) in [7, 11) is -1.75. The van der Waals surface area contributed by atoms with E-state index in [0.717, 1.165) is 5.56 Å². The number of sulfonamides is 1. The largest absolute Gasteiger partial charge is 0.373 e. The van der Waals surface area contributed by atoms with Crippen molar-refractivity contribution in [2.24, 2.45) is 4.99 Å². The lowest BCUT2D eigenvalue weighted by Gasteiger charge is -2.34. The number of guanidine groups is 1. The number of hydrogen-bond donors (Lipinski definition) is 2. The lowest BCUT2D eigenvalue weighted by Crippen LogP contribution is -2.50. The minimum Gasteiger partial charge on any atom is -0.373 e. The van der Waals surface area contributed by atoms with Crippen LogP contribution in [-0.2, 0) is 21.3 Å². The van der Waals surface area contributed by atoms with E-state index in [1.54, 1.807) is 26.1 Å². The monoisotopic (exact) mass is 528 g/mol. The van der Waals surface area contributed by atoms with E-state index in [2.05, 4.69) is 15.6 Å². The first-order valence-corrected chi connectivity index (χ1v) is 10.6. The lowest BCUT2D eigenvalue weighted by molar-refractivity contribution is -0.0440. The number of morpholine rings is 1. The number of ether oxygens (including phenoxy) is 1. The van der Waals surface area contributed by atoms with Crippen molar-refractivity contribution in [2.75, 3.05) is 32.4 Å². The molecule has 160 valence electrons. The van der Waals surface area contributed by atoms with Gasteiger partial charge in [-0.1, -0.05) is 12.1 Å². The number of rotatable bonds is 6. The molecule has 1 heterocycles. The van der Waals surface area contributed by atoms with Crippen molar-refractivity contribution in [3.05, 3.63) is 35.1 Å². The second kappa shape index (κ2) is 11.3. The first-order chi connectivity index (χ1) is 12.7. The van der Waals surface area contributed by atoms with Crippen molar-refractivity contribution >= 4 is 40.0 Å². The van der Waals surface area contributed by atoms with E-state index in [1.807, 2.05) is 13.8 Å².